The monoisotopic (exact) mass is 437 g/mol. The average molecular weight is 438 g/mol. The minimum Gasteiger partial charge on any atom is -0.282 e. The molecular formula is C19H20ClN3O3S2. The van der Waals surface area contributed by atoms with E-state index in [1.807, 2.05) is 49.4 Å². The number of hydrogen-bond donors (Lipinski definition) is 0. The van der Waals surface area contributed by atoms with Gasteiger partial charge in [-0.25, -0.2) is 13.4 Å². The van der Waals surface area contributed by atoms with Gasteiger partial charge in [0.2, 0.25) is 15.9 Å². The summed E-state index contributed by atoms with van der Waals surface area (Å²) >= 11 is 7.58. The van der Waals surface area contributed by atoms with Crippen molar-refractivity contribution in [1.29, 1.82) is 0 Å². The van der Waals surface area contributed by atoms with Crippen LogP contribution in [0.1, 0.15) is 11.1 Å². The Kier molecular flexibility index (Phi) is 6.04. The lowest BCUT2D eigenvalue weighted by molar-refractivity contribution is -0.118. The molecule has 1 aromatic heterocycles. The molecule has 9 heteroatoms. The molecule has 0 N–H and O–H groups in total. The summed E-state index contributed by atoms with van der Waals surface area (Å²) in [4.78, 5) is 19.1. The molecule has 0 saturated heterocycles. The second-order valence-corrected chi connectivity index (χ2v) is 10.0. The van der Waals surface area contributed by atoms with Crippen LogP contribution in [0.15, 0.2) is 42.5 Å². The number of carbonyl (C=O) groups excluding carboxylic acids is 1. The number of thiazole rings is 1. The zero-order chi connectivity index (χ0) is 20.5. The highest BCUT2D eigenvalue weighted by molar-refractivity contribution is 7.88. The zero-order valence-electron chi connectivity index (χ0n) is 15.7. The van der Waals surface area contributed by atoms with Crippen LogP contribution in [-0.2, 0) is 21.4 Å². The second kappa shape index (κ2) is 8.16. The van der Waals surface area contributed by atoms with Crippen molar-refractivity contribution in [2.75, 3.05) is 24.7 Å². The van der Waals surface area contributed by atoms with Crippen molar-refractivity contribution in [3.8, 4) is 0 Å². The van der Waals surface area contributed by atoms with E-state index in [1.165, 1.54) is 23.3 Å². The van der Waals surface area contributed by atoms with Crippen molar-refractivity contribution >= 4 is 54.2 Å². The molecule has 1 heterocycles. The summed E-state index contributed by atoms with van der Waals surface area (Å²) < 4.78 is 25.4. The molecule has 3 rings (SSSR count). The summed E-state index contributed by atoms with van der Waals surface area (Å²) in [6, 6.07) is 13.2. The minimum absolute atomic E-state index is 0.263. The summed E-state index contributed by atoms with van der Waals surface area (Å²) in [7, 11) is -2.09. The molecular weight excluding hydrogens is 418 g/mol. The molecule has 0 aliphatic rings. The molecule has 0 saturated carbocycles. The topological polar surface area (TPSA) is 70.6 Å². The molecule has 0 spiro atoms. The third-order valence-electron chi connectivity index (χ3n) is 4.38. The van der Waals surface area contributed by atoms with E-state index in [4.69, 9.17) is 11.6 Å². The Morgan fingerprint density at radius 2 is 1.86 bits per heavy atom. The van der Waals surface area contributed by atoms with Gasteiger partial charge in [-0.3, -0.25) is 9.69 Å². The van der Waals surface area contributed by atoms with Crippen LogP contribution in [0, 0.1) is 6.92 Å². The van der Waals surface area contributed by atoms with Gasteiger partial charge >= 0.3 is 0 Å². The maximum atomic E-state index is 13.0. The van der Waals surface area contributed by atoms with E-state index in [2.05, 4.69) is 4.98 Å². The number of fused-ring (bicyclic) bond motifs is 1. The third kappa shape index (κ3) is 4.52. The van der Waals surface area contributed by atoms with Crippen LogP contribution in [0.5, 0.6) is 0 Å². The van der Waals surface area contributed by atoms with Crippen LogP contribution < -0.4 is 4.90 Å². The first-order valence-corrected chi connectivity index (χ1v) is 11.5. The fraction of sp³-hybridized carbons (Fsp3) is 0.263. The fourth-order valence-corrected chi connectivity index (χ4v) is 4.16. The van der Waals surface area contributed by atoms with Gasteiger partial charge in [0.15, 0.2) is 5.13 Å². The molecule has 28 heavy (non-hydrogen) atoms. The van der Waals surface area contributed by atoms with E-state index < -0.39 is 10.0 Å². The number of nitrogens with zero attached hydrogens (tertiary/aromatic N) is 3. The third-order valence-corrected chi connectivity index (χ3v) is 7.09. The van der Waals surface area contributed by atoms with Gasteiger partial charge in [-0.2, -0.15) is 4.31 Å². The molecule has 0 aliphatic carbocycles. The van der Waals surface area contributed by atoms with Gasteiger partial charge in [0.1, 0.15) is 0 Å². The number of aryl methyl sites for hydroxylation is 1. The van der Waals surface area contributed by atoms with Crippen LogP contribution in [-0.4, -0.2) is 43.5 Å². The van der Waals surface area contributed by atoms with E-state index in [-0.39, 0.29) is 12.5 Å². The molecule has 0 unspecified atom stereocenters. The second-order valence-electron chi connectivity index (χ2n) is 6.50. The lowest BCUT2D eigenvalue weighted by Crippen LogP contribution is -2.40. The Hall–Kier alpha value is -2.00. The number of aromatic nitrogens is 1. The Labute approximate surface area is 173 Å². The van der Waals surface area contributed by atoms with Crippen LogP contribution in [0.2, 0.25) is 5.02 Å². The summed E-state index contributed by atoms with van der Waals surface area (Å²) in [6.07, 6.45) is 1.07. The van der Waals surface area contributed by atoms with Crippen LogP contribution in [0.3, 0.4) is 0 Å². The smallest absolute Gasteiger partial charge is 0.244 e. The summed E-state index contributed by atoms with van der Waals surface area (Å²) in [6.45, 7) is 1.92. The van der Waals surface area contributed by atoms with Crippen LogP contribution in [0.25, 0.3) is 10.2 Å². The van der Waals surface area contributed by atoms with E-state index in [1.54, 1.807) is 0 Å². The predicted molar refractivity (Wildman–Crippen MR) is 114 cm³/mol. The maximum absolute atomic E-state index is 13.0. The molecule has 3 aromatic rings. The molecule has 1 amide bonds. The highest BCUT2D eigenvalue weighted by atomic mass is 35.5. The highest BCUT2D eigenvalue weighted by Crippen LogP contribution is 2.34. The van der Waals surface area contributed by atoms with E-state index in [9.17, 15) is 13.2 Å². The normalized spacial score (nSPS) is 11.9. The number of anilines is 1. The first-order valence-electron chi connectivity index (χ1n) is 8.48. The standard InChI is InChI=1S/C19H20ClN3O3S2/c1-13-15(20)9-10-16-18(13)21-19(27-16)23(11-14-7-5-4-6-8-14)17(24)12-22(2)28(3,25)26/h4-10H,11-12H2,1-3H3. The summed E-state index contributed by atoms with van der Waals surface area (Å²) in [5.41, 5.74) is 2.52. The van der Waals surface area contributed by atoms with Gasteiger partial charge in [-0.15, -0.1) is 0 Å². The maximum Gasteiger partial charge on any atom is 0.244 e. The zero-order valence-corrected chi connectivity index (χ0v) is 18.1. The summed E-state index contributed by atoms with van der Waals surface area (Å²) in [5, 5.41) is 1.12. The molecule has 2 aromatic carbocycles. The average Bonchev–Trinajstić information content (AvgIpc) is 3.07. The number of hydrogen-bond acceptors (Lipinski definition) is 5. The lowest BCUT2D eigenvalue weighted by Gasteiger charge is -2.22. The molecule has 0 atom stereocenters. The number of likely N-dealkylation sites (N-methyl/N-ethyl adjacent to an activating group) is 1. The quantitative estimate of drug-likeness (QED) is 0.589. The Balaban J connectivity index is 2.00. The van der Waals surface area contributed by atoms with Crippen molar-refractivity contribution in [2.45, 2.75) is 13.5 Å². The first-order chi connectivity index (χ1) is 13.2. The predicted octanol–water partition coefficient (Wildman–Crippen LogP) is 3.68. The van der Waals surface area contributed by atoms with Gasteiger partial charge in [0, 0.05) is 12.1 Å². The largest absolute Gasteiger partial charge is 0.282 e. The van der Waals surface area contributed by atoms with Gasteiger partial charge in [-0.1, -0.05) is 53.3 Å². The molecule has 0 radical (unpaired) electrons. The van der Waals surface area contributed by atoms with Gasteiger partial charge in [0.25, 0.3) is 0 Å². The summed E-state index contributed by atoms with van der Waals surface area (Å²) in [5.74, 6) is -0.348. The Morgan fingerprint density at radius 1 is 1.18 bits per heavy atom. The number of carbonyl (C=O) groups is 1. The minimum atomic E-state index is -3.47. The van der Waals surface area contributed by atoms with E-state index in [0.29, 0.717) is 16.7 Å². The number of halogens is 1. The number of rotatable bonds is 6. The molecule has 0 bridgehead atoms. The van der Waals surface area contributed by atoms with Gasteiger partial charge in [-0.05, 0) is 30.2 Å². The van der Waals surface area contributed by atoms with Crippen molar-refractivity contribution in [2.24, 2.45) is 0 Å². The molecule has 148 valence electrons. The van der Waals surface area contributed by atoms with Crippen molar-refractivity contribution in [3.05, 3.63) is 58.6 Å². The van der Waals surface area contributed by atoms with E-state index >= 15 is 0 Å². The Morgan fingerprint density at radius 3 is 2.50 bits per heavy atom. The number of sulfonamides is 1. The first kappa shape index (κ1) is 20.7. The highest BCUT2D eigenvalue weighted by Gasteiger charge is 2.24. The van der Waals surface area contributed by atoms with Crippen molar-refractivity contribution < 1.29 is 13.2 Å². The van der Waals surface area contributed by atoms with Crippen molar-refractivity contribution in [3.63, 3.8) is 0 Å². The SMILES string of the molecule is Cc1c(Cl)ccc2sc(N(Cc3ccccc3)C(=O)CN(C)S(C)(=O)=O)nc12. The fourth-order valence-electron chi connectivity index (χ4n) is 2.63. The van der Waals surface area contributed by atoms with Crippen LogP contribution >= 0.6 is 22.9 Å². The number of benzene rings is 2. The molecule has 6 nitrogen and oxygen atoms in total. The molecule has 0 fully saturated rings. The van der Waals surface area contributed by atoms with Crippen LogP contribution in [0.4, 0.5) is 5.13 Å². The van der Waals surface area contributed by atoms with Crippen molar-refractivity contribution in [1.82, 2.24) is 9.29 Å². The molecule has 0 aliphatic heterocycles. The number of amides is 1. The van der Waals surface area contributed by atoms with Gasteiger partial charge in [0.05, 0.1) is 29.6 Å². The van der Waals surface area contributed by atoms with E-state index in [0.717, 1.165) is 31.9 Å². The lowest BCUT2D eigenvalue weighted by atomic mass is 10.2. The van der Waals surface area contributed by atoms with Gasteiger partial charge < -0.3 is 0 Å². The Bertz CT molecular complexity index is 1110.